The molecule has 0 fully saturated rings. The second-order valence-electron chi connectivity index (χ2n) is 6.89. The van der Waals surface area contributed by atoms with E-state index >= 15 is 0 Å². The van der Waals surface area contributed by atoms with Crippen molar-refractivity contribution in [2.45, 2.75) is 0 Å². The quantitative estimate of drug-likeness (QED) is 0.225. The molecule has 0 aliphatic heterocycles. The Morgan fingerprint density at radius 1 is 0.903 bits per heavy atom. The normalized spacial score (nSPS) is 11.1. The minimum Gasteiger partial charge on any atom is -0.268 e. The number of hydrogen-bond acceptors (Lipinski definition) is 5. The highest BCUT2D eigenvalue weighted by atomic mass is 35.5. The van der Waals surface area contributed by atoms with E-state index in [0.717, 1.165) is 10.9 Å². The summed E-state index contributed by atoms with van der Waals surface area (Å²) in [4.78, 5) is 33.4. The summed E-state index contributed by atoms with van der Waals surface area (Å²) in [5.74, 6) is 0.402. The van der Waals surface area contributed by atoms with Crippen LogP contribution in [0.4, 0.5) is 5.69 Å². The van der Waals surface area contributed by atoms with Crippen molar-refractivity contribution < 1.29 is 4.92 Å². The SMILES string of the molecule is O=c1c2ccc3ncccc3c2nc(-c2ccc(Cl)cc2)n1-c1ccc([N+](=O)[O-])cc1. The Labute approximate surface area is 180 Å². The van der Waals surface area contributed by atoms with Crippen LogP contribution < -0.4 is 5.56 Å². The van der Waals surface area contributed by atoms with Crippen LogP contribution in [-0.4, -0.2) is 19.5 Å². The lowest BCUT2D eigenvalue weighted by Gasteiger charge is -2.15. The lowest BCUT2D eigenvalue weighted by Crippen LogP contribution is -2.22. The van der Waals surface area contributed by atoms with Gasteiger partial charge in [-0.2, -0.15) is 0 Å². The minimum atomic E-state index is -0.482. The lowest BCUT2D eigenvalue weighted by molar-refractivity contribution is -0.384. The molecule has 5 rings (SSSR count). The highest BCUT2D eigenvalue weighted by Gasteiger charge is 2.17. The fourth-order valence-corrected chi connectivity index (χ4v) is 3.68. The van der Waals surface area contributed by atoms with Crippen LogP contribution in [-0.2, 0) is 0 Å². The number of non-ortho nitro benzene ring substituents is 1. The molecule has 0 aliphatic rings. The third kappa shape index (κ3) is 3.21. The van der Waals surface area contributed by atoms with Crippen molar-refractivity contribution in [3.8, 4) is 17.1 Å². The average Bonchev–Trinajstić information content (AvgIpc) is 2.79. The molecule has 7 nitrogen and oxygen atoms in total. The van der Waals surface area contributed by atoms with Gasteiger partial charge in [0.2, 0.25) is 0 Å². The maximum absolute atomic E-state index is 13.6. The van der Waals surface area contributed by atoms with Crippen molar-refractivity contribution in [2.75, 3.05) is 0 Å². The maximum atomic E-state index is 13.6. The molecular weight excluding hydrogens is 416 g/mol. The van der Waals surface area contributed by atoms with E-state index in [1.54, 1.807) is 48.7 Å². The lowest BCUT2D eigenvalue weighted by atomic mass is 10.1. The molecule has 0 N–H and O–H groups in total. The largest absolute Gasteiger partial charge is 0.269 e. The molecule has 0 radical (unpaired) electrons. The summed E-state index contributed by atoms with van der Waals surface area (Å²) in [6.45, 7) is 0. The van der Waals surface area contributed by atoms with Crippen molar-refractivity contribution >= 4 is 39.1 Å². The van der Waals surface area contributed by atoms with Crippen LogP contribution in [0.2, 0.25) is 5.02 Å². The van der Waals surface area contributed by atoms with Gasteiger partial charge in [-0.3, -0.25) is 24.5 Å². The molecule has 0 amide bonds. The third-order valence-electron chi connectivity index (χ3n) is 5.04. The number of halogens is 1. The monoisotopic (exact) mass is 428 g/mol. The first kappa shape index (κ1) is 18.9. The zero-order valence-corrected chi connectivity index (χ0v) is 16.7. The Balaban J connectivity index is 1.88. The average molecular weight is 429 g/mol. The summed E-state index contributed by atoms with van der Waals surface area (Å²) < 4.78 is 1.46. The fourth-order valence-electron chi connectivity index (χ4n) is 3.56. The topological polar surface area (TPSA) is 90.9 Å². The van der Waals surface area contributed by atoms with Crippen LogP contribution in [0.1, 0.15) is 0 Å². The van der Waals surface area contributed by atoms with Gasteiger partial charge in [0.15, 0.2) is 0 Å². The standard InChI is InChI=1S/C23H13ClN4O3/c24-15-5-3-14(4-6-15)22-26-21-18-2-1-13-25-20(18)12-11-19(21)23(29)27(22)16-7-9-17(10-8-16)28(30)31/h1-13H. The number of nitro groups is 1. The van der Waals surface area contributed by atoms with Crippen LogP contribution in [0.25, 0.3) is 38.9 Å². The molecule has 0 saturated carbocycles. The number of nitro benzene ring substituents is 1. The Morgan fingerprint density at radius 2 is 1.65 bits per heavy atom. The van der Waals surface area contributed by atoms with Crippen molar-refractivity contribution in [3.63, 3.8) is 0 Å². The summed E-state index contributed by atoms with van der Waals surface area (Å²) >= 11 is 6.05. The summed E-state index contributed by atoms with van der Waals surface area (Å²) in [6, 6.07) is 20.0. The third-order valence-corrected chi connectivity index (χ3v) is 5.29. The van der Waals surface area contributed by atoms with Gasteiger partial charge in [0.25, 0.3) is 11.2 Å². The first-order valence-corrected chi connectivity index (χ1v) is 9.72. The van der Waals surface area contributed by atoms with Gasteiger partial charge >= 0.3 is 0 Å². The molecule has 0 bridgehead atoms. The number of hydrogen-bond donors (Lipinski definition) is 0. The predicted octanol–water partition coefficient (Wildman–Crippen LogP) is 5.16. The molecule has 8 heteroatoms. The smallest absolute Gasteiger partial charge is 0.268 e. The van der Waals surface area contributed by atoms with Crippen molar-refractivity contribution in [1.82, 2.24) is 14.5 Å². The first-order valence-electron chi connectivity index (χ1n) is 9.34. The number of benzene rings is 3. The summed E-state index contributed by atoms with van der Waals surface area (Å²) in [7, 11) is 0. The van der Waals surface area contributed by atoms with Gasteiger partial charge in [0.1, 0.15) is 5.82 Å². The van der Waals surface area contributed by atoms with Gasteiger partial charge < -0.3 is 0 Å². The number of aromatic nitrogens is 3. The Kier molecular flexibility index (Phi) is 4.45. The zero-order chi connectivity index (χ0) is 21.5. The highest BCUT2D eigenvalue weighted by molar-refractivity contribution is 6.30. The minimum absolute atomic E-state index is 0.0596. The van der Waals surface area contributed by atoms with Crippen LogP contribution >= 0.6 is 11.6 Å². The number of pyridine rings is 1. The highest BCUT2D eigenvalue weighted by Crippen LogP contribution is 2.27. The molecule has 31 heavy (non-hydrogen) atoms. The number of nitrogens with zero attached hydrogens (tertiary/aromatic N) is 4. The molecule has 5 aromatic rings. The molecule has 2 heterocycles. The fraction of sp³-hybridized carbons (Fsp3) is 0. The van der Waals surface area contributed by atoms with E-state index in [1.165, 1.54) is 28.8 Å². The van der Waals surface area contributed by atoms with Crippen LogP contribution in [0, 0.1) is 10.1 Å². The summed E-state index contributed by atoms with van der Waals surface area (Å²) in [6.07, 6.45) is 1.69. The molecule has 0 unspecified atom stereocenters. The first-order chi connectivity index (χ1) is 15.0. The van der Waals surface area contributed by atoms with Crippen molar-refractivity contribution in [3.05, 3.63) is 104 Å². The van der Waals surface area contributed by atoms with E-state index in [1.807, 2.05) is 6.07 Å². The summed E-state index contributed by atoms with van der Waals surface area (Å²) in [5, 5.41) is 12.8. The second kappa shape index (κ2) is 7.30. The van der Waals surface area contributed by atoms with Crippen LogP contribution in [0.3, 0.4) is 0 Å². The van der Waals surface area contributed by atoms with E-state index in [9.17, 15) is 14.9 Å². The van der Waals surface area contributed by atoms with E-state index in [2.05, 4.69) is 4.98 Å². The molecule has 2 aromatic heterocycles. The Bertz CT molecular complexity index is 1530. The van der Waals surface area contributed by atoms with Gasteiger partial charge in [-0.25, -0.2) is 4.98 Å². The molecule has 150 valence electrons. The van der Waals surface area contributed by atoms with Crippen LogP contribution in [0.15, 0.2) is 83.8 Å². The number of rotatable bonds is 3. The predicted molar refractivity (Wildman–Crippen MR) is 120 cm³/mol. The van der Waals surface area contributed by atoms with Gasteiger partial charge in [-0.15, -0.1) is 0 Å². The van der Waals surface area contributed by atoms with Crippen molar-refractivity contribution in [1.29, 1.82) is 0 Å². The zero-order valence-electron chi connectivity index (χ0n) is 15.9. The second-order valence-corrected chi connectivity index (χ2v) is 7.32. The Morgan fingerprint density at radius 3 is 2.35 bits per heavy atom. The van der Waals surface area contributed by atoms with E-state index in [4.69, 9.17) is 16.6 Å². The molecule has 0 spiro atoms. The Hall–Kier alpha value is -4.10. The number of fused-ring (bicyclic) bond motifs is 3. The van der Waals surface area contributed by atoms with E-state index in [0.29, 0.717) is 33.0 Å². The van der Waals surface area contributed by atoms with E-state index in [-0.39, 0.29) is 11.2 Å². The molecule has 0 saturated heterocycles. The summed E-state index contributed by atoms with van der Waals surface area (Å²) in [5.41, 5.74) is 2.09. The van der Waals surface area contributed by atoms with Gasteiger partial charge in [0, 0.05) is 34.3 Å². The van der Waals surface area contributed by atoms with Crippen LogP contribution in [0.5, 0.6) is 0 Å². The van der Waals surface area contributed by atoms with E-state index < -0.39 is 4.92 Å². The van der Waals surface area contributed by atoms with Gasteiger partial charge in [0.05, 0.1) is 27.0 Å². The maximum Gasteiger partial charge on any atom is 0.269 e. The van der Waals surface area contributed by atoms with Gasteiger partial charge in [-0.05, 0) is 60.7 Å². The molecule has 0 aliphatic carbocycles. The molecule has 3 aromatic carbocycles. The molecular formula is C23H13ClN4O3. The molecule has 0 atom stereocenters. The van der Waals surface area contributed by atoms with Crippen molar-refractivity contribution in [2.24, 2.45) is 0 Å². The van der Waals surface area contributed by atoms with Gasteiger partial charge in [-0.1, -0.05) is 11.6 Å².